The lowest BCUT2D eigenvalue weighted by molar-refractivity contribution is 0.0597. The molecular formula is C20H21ClN2O6S. The molecule has 0 atom stereocenters. The normalized spacial score (nSPS) is 14.9. The molecule has 0 spiro atoms. The summed E-state index contributed by atoms with van der Waals surface area (Å²) in [7, 11) is -2.59. The summed E-state index contributed by atoms with van der Waals surface area (Å²) in [6, 6.07) is 8.11. The first-order valence-corrected chi connectivity index (χ1v) is 11.1. The van der Waals surface area contributed by atoms with E-state index >= 15 is 0 Å². The minimum absolute atomic E-state index is 0.0357. The van der Waals surface area contributed by atoms with Crippen molar-refractivity contribution in [3.8, 4) is 5.75 Å². The summed E-state index contributed by atoms with van der Waals surface area (Å²) in [6.45, 7) is 0.862. The van der Waals surface area contributed by atoms with E-state index in [1.165, 1.54) is 47.8 Å². The van der Waals surface area contributed by atoms with Gasteiger partial charge in [-0.2, -0.15) is 4.31 Å². The second-order valence-corrected chi connectivity index (χ2v) is 9.10. The highest BCUT2D eigenvalue weighted by molar-refractivity contribution is 7.89. The van der Waals surface area contributed by atoms with Crippen molar-refractivity contribution in [2.45, 2.75) is 24.2 Å². The van der Waals surface area contributed by atoms with Crippen LogP contribution in [-0.2, 0) is 14.8 Å². The first kappa shape index (κ1) is 22.1. The van der Waals surface area contributed by atoms with Crippen molar-refractivity contribution in [1.29, 1.82) is 0 Å². The molecule has 2 aromatic carbocycles. The molecule has 0 saturated carbocycles. The van der Waals surface area contributed by atoms with Crippen LogP contribution in [-0.4, -0.2) is 49.9 Å². The Kier molecular flexibility index (Phi) is 6.64. The molecule has 0 bridgehead atoms. The molecule has 160 valence electrons. The summed E-state index contributed by atoms with van der Waals surface area (Å²) >= 11 is 6.13. The monoisotopic (exact) mass is 452 g/mol. The quantitative estimate of drug-likeness (QED) is 0.531. The number of carbonyl (C=O) groups excluding carboxylic acids is 2. The van der Waals surface area contributed by atoms with Crippen molar-refractivity contribution >= 4 is 39.2 Å². The van der Waals surface area contributed by atoms with Gasteiger partial charge in [0.2, 0.25) is 10.0 Å². The van der Waals surface area contributed by atoms with E-state index in [-0.39, 0.29) is 26.7 Å². The second-order valence-electron chi connectivity index (χ2n) is 6.75. The van der Waals surface area contributed by atoms with E-state index in [0.29, 0.717) is 13.1 Å². The molecule has 3 rings (SSSR count). The molecule has 0 radical (unpaired) electrons. The highest BCUT2D eigenvalue weighted by Crippen LogP contribution is 2.30. The van der Waals surface area contributed by atoms with Crippen molar-refractivity contribution in [2.24, 2.45) is 0 Å². The van der Waals surface area contributed by atoms with Crippen LogP contribution in [0.3, 0.4) is 0 Å². The third kappa shape index (κ3) is 4.43. The Morgan fingerprint density at radius 2 is 1.80 bits per heavy atom. The predicted molar refractivity (Wildman–Crippen MR) is 111 cm³/mol. The van der Waals surface area contributed by atoms with Gasteiger partial charge < -0.3 is 15.2 Å². The summed E-state index contributed by atoms with van der Waals surface area (Å²) in [5.41, 5.74) is -0.233. The zero-order chi connectivity index (χ0) is 21.9. The van der Waals surface area contributed by atoms with E-state index in [1.54, 1.807) is 0 Å². The molecule has 2 aromatic rings. The van der Waals surface area contributed by atoms with Gasteiger partial charge in [0.1, 0.15) is 5.56 Å². The molecule has 1 heterocycles. The Balaban J connectivity index is 1.90. The van der Waals surface area contributed by atoms with Gasteiger partial charge in [-0.15, -0.1) is 0 Å². The van der Waals surface area contributed by atoms with Crippen LogP contribution < -0.4 is 5.32 Å². The molecule has 1 aliphatic rings. The van der Waals surface area contributed by atoms with Crippen LogP contribution in [0.5, 0.6) is 5.75 Å². The Bertz CT molecular complexity index is 1080. The van der Waals surface area contributed by atoms with Crippen molar-refractivity contribution in [3.63, 3.8) is 0 Å². The van der Waals surface area contributed by atoms with E-state index < -0.39 is 27.6 Å². The highest BCUT2D eigenvalue weighted by atomic mass is 35.5. The number of para-hydroxylation sites is 1. The third-order valence-corrected chi connectivity index (χ3v) is 7.05. The summed E-state index contributed by atoms with van der Waals surface area (Å²) in [4.78, 5) is 24.4. The molecule has 8 nitrogen and oxygen atoms in total. The van der Waals surface area contributed by atoms with Gasteiger partial charge >= 0.3 is 5.97 Å². The van der Waals surface area contributed by atoms with Crippen molar-refractivity contribution in [3.05, 3.63) is 52.5 Å². The van der Waals surface area contributed by atoms with Crippen LogP contribution in [0.2, 0.25) is 5.02 Å². The molecule has 0 unspecified atom stereocenters. The van der Waals surface area contributed by atoms with E-state index in [9.17, 15) is 23.1 Å². The van der Waals surface area contributed by atoms with Crippen molar-refractivity contribution in [1.82, 2.24) is 4.31 Å². The molecule has 2 N–H and O–H groups in total. The van der Waals surface area contributed by atoms with Gasteiger partial charge in [0.05, 0.1) is 28.3 Å². The zero-order valence-corrected chi connectivity index (χ0v) is 17.8. The Labute approximate surface area is 179 Å². The fourth-order valence-electron chi connectivity index (χ4n) is 3.20. The number of benzene rings is 2. The van der Waals surface area contributed by atoms with Gasteiger partial charge in [0.15, 0.2) is 5.75 Å². The maximum absolute atomic E-state index is 12.9. The molecule has 30 heavy (non-hydrogen) atoms. The van der Waals surface area contributed by atoms with Crippen LogP contribution in [0.1, 0.15) is 40.0 Å². The number of amides is 1. The van der Waals surface area contributed by atoms with Gasteiger partial charge in [0, 0.05) is 13.1 Å². The zero-order valence-electron chi connectivity index (χ0n) is 16.2. The topological polar surface area (TPSA) is 113 Å². The van der Waals surface area contributed by atoms with Gasteiger partial charge in [-0.3, -0.25) is 4.79 Å². The summed E-state index contributed by atoms with van der Waals surface area (Å²) in [5.74, 6) is -1.96. The van der Waals surface area contributed by atoms with Gasteiger partial charge in [-0.1, -0.05) is 24.1 Å². The summed E-state index contributed by atoms with van der Waals surface area (Å²) in [5, 5.41) is 12.8. The molecule has 1 fully saturated rings. The standard InChI is InChI=1S/C20H21ClN2O6S/c1-29-20(26)14-6-5-7-17(18(14)24)22-19(25)15-12-13(8-9-16(15)21)30(27,28)23-10-3-2-4-11-23/h5-9,12,24H,2-4,10-11H2,1H3,(H,22,25). The van der Waals surface area contributed by atoms with E-state index in [2.05, 4.69) is 10.1 Å². The van der Waals surface area contributed by atoms with Crippen LogP contribution in [0.25, 0.3) is 0 Å². The number of hydrogen-bond acceptors (Lipinski definition) is 6. The number of rotatable bonds is 5. The number of nitrogens with one attached hydrogen (secondary N) is 1. The number of phenols is 1. The fourth-order valence-corrected chi connectivity index (χ4v) is 4.95. The van der Waals surface area contributed by atoms with E-state index in [1.807, 2.05) is 0 Å². The number of halogens is 1. The number of phenolic OH excluding ortho intramolecular Hbond substituents is 1. The largest absolute Gasteiger partial charge is 0.505 e. The highest BCUT2D eigenvalue weighted by Gasteiger charge is 2.27. The van der Waals surface area contributed by atoms with Crippen LogP contribution in [0.15, 0.2) is 41.3 Å². The Morgan fingerprint density at radius 1 is 1.10 bits per heavy atom. The number of nitrogens with zero attached hydrogens (tertiary/aromatic N) is 1. The van der Waals surface area contributed by atoms with Crippen LogP contribution in [0.4, 0.5) is 5.69 Å². The predicted octanol–water partition coefficient (Wildman–Crippen LogP) is 3.26. The molecular weight excluding hydrogens is 432 g/mol. The number of methoxy groups -OCH3 is 1. The molecule has 0 aromatic heterocycles. The minimum atomic E-state index is -3.75. The molecule has 1 saturated heterocycles. The van der Waals surface area contributed by atoms with E-state index in [4.69, 9.17) is 11.6 Å². The fraction of sp³-hybridized carbons (Fsp3) is 0.300. The smallest absolute Gasteiger partial charge is 0.341 e. The summed E-state index contributed by atoms with van der Waals surface area (Å²) < 4.78 is 31.8. The number of carbonyl (C=O) groups is 2. The van der Waals surface area contributed by atoms with Gasteiger partial charge in [-0.25, -0.2) is 13.2 Å². The first-order valence-electron chi connectivity index (χ1n) is 9.27. The minimum Gasteiger partial charge on any atom is -0.505 e. The maximum Gasteiger partial charge on any atom is 0.341 e. The number of aromatic hydroxyl groups is 1. The average Bonchev–Trinajstić information content (AvgIpc) is 2.75. The van der Waals surface area contributed by atoms with Crippen molar-refractivity contribution in [2.75, 3.05) is 25.5 Å². The van der Waals surface area contributed by atoms with Crippen LogP contribution >= 0.6 is 11.6 Å². The SMILES string of the molecule is COC(=O)c1cccc(NC(=O)c2cc(S(=O)(=O)N3CCCCC3)ccc2Cl)c1O. The van der Waals surface area contributed by atoms with Gasteiger partial charge in [-0.05, 0) is 43.2 Å². The number of hydrogen-bond donors (Lipinski definition) is 2. The second kappa shape index (κ2) is 9.03. The molecule has 0 aliphatic carbocycles. The number of esters is 1. The maximum atomic E-state index is 12.9. The van der Waals surface area contributed by atoms with E-state index in [0.717, 1.165) is 19.3 Å². The summed E-state index contributed by atoms with van der Waals surface area (Å²) in [6.07, 6.45) is 2.56. The van der Waals surface area contributed by atoms with Crippen molar-refractivity contribution < 1.29 is 27.9 Å². The lowest BCUT2D eigenvalue weighted by atomic mass is 10.1. The lowest BCUT2D eigenvalue weighted by Gasteiger charge is -2.26. The number of piperidine rings is 1. The lowest BCUT2D eigenvalue weighted by Crippen LogP contribution is -2.35. The molecule has 10 heteroatoms. The van der Waals surface area contributed by atoms with Crippen LogP contribution in [0, 0.1) is 0 Å². The number of sulfonamides is 1. The van der Waals surface area contributed by atoms with Gasteiger partial charge in [0.25, 0.3) is 5.91 Å². The third-order valence-electron chi connectivity index (χ3n) is 4.82. The Morgan fingerprint density at radius 3 is 2.47 bits per heavy atom. The molecule has 1 amide bonds. The Hall–Kier alpha value is -2.62. The first-order chi connectivity index (χ1) is 14.3. The average molecular weight is 453 g/mol. The molecule has 1 aliphatic heterocycles. The number of ether oxygens (including phenoxy) is 1. The number of anilines is 1.